The largest absolute Gasteiger partial charge is 0.372 e. The molecule has 0 amide bonds. The number of pyridine rings is 1. The Bertz CT molecular complexity index is 680. The van der Waals surface area contributed by atoms with Crippen LogP contribution in [0.3, 0.4) is 0 Å². The van der Waals surface area contributed by atoms with Crippen LogP contribution in [0.2, 0.25) is 0 Å². The van der Waals surface area contributed by atoms with Crippen LogP contribution in [0, 0.1) is 6.92 Å². The summed E-state index contributed by atoms with van der Waals surface area (Å²) in [6, 6.07) is 6.26. The molecule has 2 saturated heterocycles. The summed E-state index contributed by atoms with van der Waals surface area (Å²) in [6.45, 7) is 4.13. The molecule has 0 saturated carbocycles. The van der Waals surface area contributed by atoms with E-state index in [2.05, 4.69) is 19.9 Å². The summed E-state index contributed by atoms with van der Waals surface area (Å²) in [6.07, 6.45) is 9.11. The van der Waals surface area contributed by atoms with Crippen LogP contribution in [0.4, 0.5) is 5.95 Å². The molecule has 0 aromatic carbocycles. The van der Waals surface area contributed by atoms with Crippen molar-refractivity contribution < 1.29 is 9.47 Å². The van der Waals surface area contributed by atoms with Gasteiger partial charge < -0.3 is 14.4 Å². The Balaban J connectivity index is 1.29. The topological polar surface area (TPSA) is 60.4 Å². The smallest absolute Gasteiger partial charge is 0.225 e. The lowest BCUT2D eigenvalue weighted by atomic mass is 9.99. The summed E-state index contributed by atoms with van der Waals surface area (Å²) in [4.78, 5) is 15.5. The first-order valence-corrected chi connectivity index (χ1v) is 8.98. The van der Waals surface area contributed by atoms with Gasteiger partial charge in [0.15, 0.2) is 0 Å². The van der Waals surface area contributed by atoms with Crippen LogP contribution in [0.1, 0.15) is 30.5 Å². The Morgan fingerprint density at radius 1 is 1.16 bits per heavy atom. The quantitative estimate of drug-likeness (QED) is 0.833. The van der Waals surface area contributed by atoms with Gasteiger partial charge >= 0.3 is 0 Å². The van der Waals surface area contributed by atoms with E-state index in [1.807, 2.05) is 37.5 Å². The fourth-order valence-electron chi connectivity index (χ4n) is 3.68. The average molecular weight is 340 g/mol. The lowest BCUT2D eigenvalue weighted by molar-refractivity contribution is -0.0892. The van der Waals surface area contributed by atoms with E-state index in [1.165, 1.54) is 0 Å². The van der Waals surface area contributed by atoms with Crippen molar-refractivity contribution in [3.8, 4) is 0 Å². The van der Waals surface area contributed by atoms with Gasteiger partial charge in [0.25, 0.3) is 0 Å². The maximum absolute atomic E-state index is 6.28. The predicted octanol–water partition coefficient (Wildman–Crippen LogP) is 2.52. The molecular weight excluding hydrogens is 316 g/mol. The van der Waals surface area contributed by atoms with Crippen molar-refractivity contribution in [3.05, 3.63) is 48.0 Å². The third-order valence-corrected chi connectivity index (χ3v) is 4.94. The van der Waals surface area contributed by atoms with E-state index < -0.39 is 0 Å². The van der Waals surface area contributed by atoms with Crippen molar-refractivity contribution >= 4 is 5.95 Å². The fraction of sp³-hybridized carbons (Fsp3) is 0.526. The lowest BCUT2D eigenvalue weighted by Crippen LogP contribution is -2.44. The molecule has 6 heteroatoms. The van der Waals surface area contributed by atoms with Crippen molar-refractivity contribution in [2.75, 3.05) is 18.1 Å². The van der Waals surface area contributed by atoms with Gasteiger partial charge in [-0.05, 0) is 43.9 Å². The summed E-state index contributed by atoms with van der Waals surface area (Å²) in [5.74, 6) is 0.826. The van der Waals surface area contributed by atoms with E-state index in [0.717, 1.165) is 43.0 Å². The molecule has 0 aliphatic carbocycles. The van der Waals surface area contributed by atoms with Gasteiger partial charge in [-0.1, -0.05) is 6.07 Å². The molecule has 3 atom stereocenters. The van der Waals surface area contributed by atoms with Gasteiger partial charge in [-0.25, -0.2) is 9.97 Å². The molecule has 0 spiro atoms. The summed E-state index contributed by atoms with van der Waals surface area (Å²) < 4.78 is 12.1. The van der Waals surface area contributed by atoms with Gasteiger partial charge in [-0.15, -0.1) is 0 Å². The van der Waals surface area contributed by atoms with Crippen molar-refractivity contribution in [1.82, 2.24) is 15.0 Å². The van der Waals surface area contributed by atoms with Crippen LogP contribution in [0.25, 0.3) is 0 Å². The number of ether oxygens (including phenoxy) is 2. The Hall–Kier alpha value is -2.05. The zero-order chi connectivity index (χ0) is 17.1. The molecule has 2 aromatic rings. The molecule has 0 unspecified atom stereocenters. The minimum atomic E-state index is 0.170. The van der Waals surface area contributed by atoms with Gasteiger partial charge in [0.05, 0.1) is 37.2 Å². The number of anilines is 1. The van der Waals surface area contributed by atoms with Crippen LogP contribution >= 0.6 is 0 Å². The van der Waals surface area contributed by atoms with E-state index in [4.69, 9.17) is 9.47 Å². The SMILES string of the molecule is Cc1cnc(N2CC[C@@H]3O[C@H](COCc4ccccn4)CC[C@@H]32)nc1. The fourth-order valence-corrected chi connectivity index (χ4v) is 3.68. The van der Waals surface area contributed by atoms with Crippen molar-refractivity contribution in [2.45, 2.75) is 51.0 Å². The molecule has 25 heavy (non-hydrogen) atoms. The van der Waals surface area contributed by atoms with Crippen molar-refractivity contribution in [1.29, 1.82) is 0 Å². The Morgan fingerprint density at radius 2 is 2.04 bits per heavy atom. The maximum atomic E-state index is 6.28. The zero-order valence-electron chi connectivity index (χ0n) is 14.5. The zero-order valence-corrected chi connectivity index (χ0v) is 14.5. The minimum Gasteiger partial charge on any atom is -0.372 e. The summed E-state index contributed by atoms with van der Waals surface area (Å²) in [5, 5.41) is 0. The van der Waals surface area contributed by atoms with Gasteiger partial charge in [0.1, 0.15) is 0 Å². The number of aryl methyl sites for hydroxylation is 1. The highest BCUT2D eigenvalue weighted by molar-refractivity contribution is 5.35. The second-order valence-corrected chi connectivity index (χ2v) is 6.82. The third kappa shape index (κ3) is 3.80. The molecule has 4 heterocycles. The maximum Gasteiger partial charge on any atom is 0.225 e. The first kappa shape index (κ1) is 16.4. The van der Waals surface area contributed by atoms with Gasteiger partial charge in [-0.2, -0.15) is 0 Å². The van der Waals surface area contributed by atoms with Crippen LogP contribution in [0.5, 0.6) is 0 Å². The summed E-state index contributed by atoms with van der Waals surface area (Å²) >= 11 is 0. The molecule has 0 bridgehead atoms. The second-order valence-electron chi connectivity index (χ2n) is 6.82. The molecule has 6 nitrogen and oxygen atoms in total. The minimum absolute atomic E-state index is 0.170. The van der Waals surface area contributed by atoms with E-state index in [1.54, 1.807) is 6.20 Å². The molecular formula is C19H24N4O2. The van der Waals surface area contributed by atoms with E-state index >= 15 is 0 Å². The van der Waals surface area contributed by atoms with Crippen LogP contribution in [0.15, 0.2) is 36.8 Å². The highest BCUT2D eigenvalue weighted by Gasteiger charge is 2.40. The number of hydrogen-bond acceptors (Lipinski definition) is 6. The van der Waals surface area contributed by atoms with Gasteiger partial charge in [0, 0.05) is 25.1 Å². The Kier molecular flexibility index (Phi) is 4.90. The van der Waals surface area contributed by atoms with Crippen LogP contribution < -0.4 is 4.90 Å². The number of nitrogens with zero attached hydrogens (tertiary/aromatic N) is 4. The van der Waals surface area contributed by atoms with Crippen molar-refractivity contribution in [2.24, 2.45) is 0 Å². The monoisotopic (exact) mass is 340 g/mol. The highest BCUT2D eigenvalue weighted by Crippen LogP contribution is 2.33. The van der Waals surface area contributed by atoms with Gasteiger partial charge in [-0.3, -0.25) is 4.98 Å². The van der Waals surface area contributed by atoms with Crippen LogP contribution in [-0.2, 0) is 16.1 Å². The summed E-state index contributed by atoms with van der Waals surface area (Å²) in [5.41, 5.74) is 2.05. The van der Waals surface area contributed by atoms with Gasteiger partial charge in [0.2, 0.25) is 5.95 Å². The molecule has 4 rings (SSSR count). The molecule has 2 fully saturated rings. The number of rotatable bonds is 5. The summed E-state index contributed by atoms with van der Waals surface area (Å²) in [7, 11) is 0. The normalized spacial score (nSPS) is 25.8. The molecule has 0 radical (unpaired) electrons. The molecule has 2 aliphatic rings. The molecule has 2 aromatic heterocycles. The van der Waals surface area contributed by atoms with Crippen LogP contribution in [-0.4, -0.2) is 46.4 Å². The third-order valence-electron chi connectivity index (χ3n) is 4.94. The Labute approximate surface area is 148 Å². The highest BCUT2D eigenvalue weighted by atomic mass is 16.5. The molecule has 2 aliphatic heterocycles. The standard InChI is InChI=1S/C19H24N4O2/c1-14-10-21-19(22-11-14)23-9-7-18-17(23)6-5-16(25-18)13-24-12-15-4-2-3-8-20-15/h2-4,8,10-11,16-18H,5-7,9,12-13H2,1H3/t16-,17-,18-/m0/s1. The molecule has 132 valence electrons. The number of hydrogen-bond donors (Lipinski definition) is 0. The van der Waals surface area contributed by atoms with Crippen molar-refractivity contribution in [3.63, 3.8) is 0 Å². The number of fused-ring (bicyclic) bond motifs is 1. The average Bonchev–Trinajstić information content (AvgIpc) is 3.06. The van der Waals surface area contributed by atoms with E-state index in [0.29, 0.717) is 19.3 Å². The number of aromatic nitrogens is 3. The Morgan fingerprint density at radius 3 is 2.84 bits per heavy atom. The predicted molar refractivity (Wildman–Crippen MR) is 94.3 cm³/mol. The lowest BCUT2D eigenvalue weighted by Gasteiger charge is -2.35. The second kappa shape index (κ2) is 7.45. The first-order valence-electron chi connectivity index (χ1n) is 8.98. The van der Waals surface area contributed by atoms with E-state index in [9.17, 15) is 0 Å². The first-order chi connectivity index (χ1) is 12.3. The van der Waals surface area contributed by atoms with E-state index in [-0.39, 0.29) is 12.2 Å². The molecule has 0 N–H and O–H groups in total.